The lowest BCUT2D eigenvalue weighted by Crippen LogP contribution is -2.64. The van der Waals surface area contributed by atoms with Gasteiger partial charge in [0.2, 0.25) is 0 Å². The molecule has 340 valence electrons. The maximum absolute atomic E-state index is 2.90. The lowest BCUT2D eigenvalue weighted by Gasteiger charge is -2.52. The minimum Gasteiger partial charge on any atom is -0.335 e. The van der Waals surface area contributed by atoms with E-state index in [0.29, 0.717) is 0 Å². The molecule has 4 heterocycles. The fourth-order valence-corrected chi connectivity index (χ4v) is 13.0. The Morgan fingerprint density at radius 2 is 1.07 bits per heavy atom. The topological polar surface area (TPSA) is 11.4 Å². The molecule has 0 radical (unpaired) electrons. The number of aromatic nitrogens is 1. The van der Waals surface area contributed by atoms with Crippen molar-refractivity contribution >= 4 is 62.4 Å². The van der Waals surface area contributed by atoms with Crippen LogP contribution in [0.2, 0.25) is 0 Å². The summed E-state index contributed by atoms with van der Waals surface area (Å²) in [7, 11) is 0. The fourth-order valence-electron chi connectivity index (χ4n) is 13.0. The Balaban J connectivity index is 1.25. The van der Waals surface area contributed by atoms with Crippen LogP contribution in [0, 0.1) is 0 Å². The predicted octanol–water partition coefficient (Wildman–Crippen LogP) is 15.2. The molecule has 3 aliphatic heterocycles. The van der Waals surface area contributed by atoms with E-state index >= 15 is 0 Å². The molecule has 68 heavy (non-hydrogen) atoms. The van der Waals surface area contributed by atoms with Crippen LogP contribution in [0.15, 0.2) is 152 Å². The molecule has 1 aliphatic carbocycles. The third kappa shape index (κ3) is 6.11. The van der Waals surface area contributed by atoms with Gasteiger partial charge in [0.15, 0.2) is 0 Å². The van der Waals surface area contributed by atoms with Gasteiger partial charge in [-0.15, -0.1) is 0 Å². The zero-order valence-electron chi connectivity index (χ0n) is 42.2. The average molecular weight is 888 g/mol. The lowest BCUT2D eigenvalue weighted by atomic mass is 9.33. The highest BCUT2D eigenvalue weighted by atomic mass is 15.3. The van der Waals surface area contributed by atoms with Crippen molar-refractivity contribution in [2.24, 2.45) is 0 Å². The summed E-state index contributed by atoms with van der Waals surface area (Å²) in [6.45, 7) is 26.4. The molecule has 0 bridgehead atoms. The van der Waals surface area contributed by atoms with Crippen LogP contribution in [0.1, 0.15) is 124 Å². The largest absolute Gasteiger partial charge is 0.335 e. The molecule has 3 nitrogen and oxygen atoms in total. The number of fused-ring (bicyclic) bond motifs is 7. The second kappa shape index (κ2) is 14.6. The number of nitrogens with zero attached hydrogens (tertiary/aromatic N) is 3. The average Bonchev–Trinajstić information content (AvgIpc) is 3.77. The van der Waals surface area contributed by atoms with Gasteiger partial charge in [-0.05, 0) is 122 Å². The van der Waals surface area contributed by atoms with Gasteiger partial charge >= 0.3 is 0 Å². The Labute approximate surface area is 405 Å². The maximum Gasteiger partial charge on any atom is 0.252 e. The summed E-state index contributed by atoms with van der Waals surface area (Å²) in [5, 5.41) is 1.30. The molecule has 0 amide bonds. The van der Waals surface area contributed by atoms with Crippen molar-refractivity contribution in [2.45, 2.75) is 129 Å². The van der Waals surface area contributed by atoms with Crippen molar-refractivity contribution < 1.29 is 0 Å². The van der Waals surface area contributed by atoms with Gasteiger partial charge in [-0.1, -0.05) is 197 Å². The smallest absolute Gasteiger partial charge is 0.252 e. The first-order valence-electron chi connectivity index (χ1n) is 25.4. The van der Waals surface area contributed by atoms with Crippen LogP contribution in [0.25, 0.3) is 39.0 Å². The number of benzene rings is 7. The van der Waals surface area contributed by atoms with Crippen LogP contribution in [-0.2, 0) is 21.7 Å². The summed E-state index contributed by atoms with van der Waals surface area (Å²) < 4.78 is 2.70. The van der Waals surface area contributed by atoms with Crippen molar-refractivity contribution in [3.8, 4) is 28.1 Å². The summed E-state index contributed by atoms with van der Waals surface area (Å²) >= 11 is 0. The van der Waals surface area contributed by atoms with E-state index in [2.05, 4.69) is 242 Å². The number of para-hydroxylation sites is 1. The molecule has 1 unspecified atom stereocenters. The number of hydrogen-bond acceptors (Lipinski definition) is 2. The van der Waals surface area contributed by atoms with Gasteiger partial charge in [-0.2, -0.15) is 0 Å². The van der Waals surface area contributed by atoms with Crippen molar-refractivity contribution in [3.63, 3.8) is 0 Å². The Kier molecular flexibility index (Phi) is 9.26. The Morgan fingerprint density at radius 1 is 0.515 bits per heavy atom. The number of rotatable bonds is 5. The summed E-state index contributed by atoms with van der Waals surface area (Å²) in [4.78, 5) is 5.45. The first-order valence-corrected chi connectivity index (χ1v) is 25.4. The SMILES string of the molecule is CC(C)(C)c1ccc(N(c2ccc(C(C)(C)C)cc2)c2cc3c4c(c2)-n2c(-c5ccccc5)c(-c5ccccc5)c5cccc(c52)B4c2cc(C(C)(C)C)cc4c2N3[C@@]2(C)CCCCC42C)cc1. The highest BCUT2D eigenvalue weighted by Gasteiger charge is 2.61. The molecule has 1 aromatic heterocycles. The van der Waals surface area contributed by atoms with Gasteiger partial charge in [0.1, 0.15) is 0 Å². The predicted molar refractivity (Wildman–Crippen MR) is 292 cm³/mol. The molecular weight excluding hydrogens is 822 g/mol. The van der Waals surface area contributed by atoms with E-state index in [1.165, 1.54) is 108 Å². The van der Waals surface area contributed by atoms with Gasteiger partial charge in [0.05, 0.1) is 16.9 Å². The van der Waals surface area contributed by atoms with Gasteiger partial charge < -0.3 is 14.4 Å². The zero-order chi connectivity index (χ0) is 47.3. The zero-order valence-corrected chi connectivity index (χ0v) is 42.2. The van der Waals surface area contributed by atoms with Gasteiger partial charge in [-0.25, -0.2) is 0 Å². The molecule has 8 aromatic rings. The third-order valence-corrected chi connectivity index (χ3v) is 17.0. The Bertz CT molecular complexity index is 3250. The monoisotopic (exact) mass is 888 g/mol. The summed E-state index contributed by atoms with van der Waals surface area (Å²) in [6, 6.07) is 58.8. The quantitative estimate of drug-likeness (QED) is 0.160. The fraction of sp³-hybridized carbons (Fsp3) is 0.312. The molecule has 2 atom stereocenters. The van der Waals surface area contributed by atoms with Gasteiger partial charge in [0, 0.05) is 50.3 Å². The molecule has 7 aromatic carbocycles. The van der Waals surface area contributed by atoms with Gasteiger partial charge in [-0.3, -0.25) is 0 Å². The van der Waals surface area contributed by atoms with Crippen LogP contribution in [-0.4, -0.2) is 16.8 Å². The summed E-state index contributed by atoms with van der Waals surface area (Å²) in [5.41, 5.74) is 23.8. The minimum absolute atomic E-state index is 0.0131. The van der Waals surface area contributed by atoms with Crippen LogP contribution in [0.5, 0.6) is 0 Å². The molecule has 1 saturated carbocycles. The molecular formula is C64H66BN3. The molecule has 0 spiro atoms. The third-order valence-electron chi connectivity index (χ3n) is 17.0. The first kappa shape index (κ1) is 43.1. The molecule has 0 saturated heterocycles. The van der Waals surface area contributed by atoms with E-state index in [1.54, 1.807) is 5.56 Å². The standard InChI is InChI=1S/C64H66BN3/c1-60(2,3)43-27-31-46(32-28-43)66(47-33-29-44(30-34-47)61(4,5)6)48-39-53-56-54(40-48)68-59-50(63(10)35-18-19-36-64(63,68)11)37-45(62(7,8)9)38-52(59)65(56)51-26-20-25-49-55(41-21-14-12-15-22-41)57(67(53)58(49)51)42-23-16-13-17-24-42/h12-17,20-34,37-40H,18-19,35-36H2,1-11H3/t63?,64-/m0/s1. The van der Waals surface area contributed by atoms with Crippen LogP contribution in [0.3, 0.4) is 0 Å². The van der Waals surface area contributed by atoms with E-state index in [9.17, 15) is 0 Å². The van der Waals surface area contributed by atoms with Crippen molar-refractivity contribution in [1.82, 2.24) is 4.57 Å². The molecule has 1 fully saturated rings. The van der Waals surface area contributed by atoms with Crippen molar-refractivity contribution in [2.75, 3.05) is 9.80 Å². The van der Waals surface area contributed by atoms with E-state index in [-0.39, 0.29) is 33.9 Å². The molecule has 4 aliphatic rings. The van der Waals surface area contributed by atoms with Crippen LogP contribution in [0.4, 0.5) is 28.4 Å². The van der Waals surface area contributed by atoms with E-state index < -0.39 is 0 Å². The minimum atomic E-state index is -0.121. The highest BCUT2D eigenvalue weighted by Crippen LogP contribution is 2.62. The molecule has 12 rings (SSSR count). The van der Waals surface area contributed by atoms with E-state index in [4.69, 9.17) is 0 Å². The van der Waals surface area contributed by atoms with E-state index in [1.807, 2.05) is 0 Å². The second-order valence-electron chi connectivity index (χ2n) is 24.2. The lowest BCUT2D eigenvalue weighted by molar-refractivity contribution is 0.195. The first-order chi connectivity index (χ1) is 32.4. The van der Waals surface area contributed by atoms with E-state index in [0.717, 1.165) is 17.8 Å². The van der Waals surface area contributed by atoms with Crippen LogP contribution < -0.4 is 26.2 Å². The summed E-state index contributed by atoms with van der Waals surface area (Å²) in [5.74, 6) is 0. The Morgan fingerprint density at radius 3 is 1.66 bits per heavy atom. The number of anilines is 5. The molecule has 4 heteroatoms. The second-order valence-corrected chi connectivity index (χ2v) is 24.2. The van der Waals surface area contributed by atoms with Crippen molar-refractivity contribution in [3.05, 3.63) is 174 Å². The normalized spacial score (nSPS) is 19.2. The number of hydrogen-bond donors (Lipinski definition) is 0. The van der Waals surface area contributed by atoms with Gasteiger partial charge in [0.25, 0.3) is 6.71 Å². The van der Waals surface area contributed by atoms with Crippen LogP contribution >= 0.6 is 0 Å². The maximum atomic E-state index is 2.90. The summed E-state index contributed by atoms with van der Waals surface area (Å²) in [6.07, 6.45) is 4.82. The Hall–Kier alpha value is -6.26. The highest BCUT2D eigenvalue weighted by molar-refractivity contribution is 7.00. The van der Waals surface area contributed by atoms with Crippen molar-refractivity contribution in [1.29, 1.82) is 0 Å². The molecule has 0 N–H and O–H groups in total.